The Kier molecular flexibility index (Phi) is 4.47. The summed E-state index contributed by atoms with van der Waals surface area (Å²) in [5.74, 6) is -2.09. The molecule has 19 heavy (non-hydrogen) atoms. The van der Waals surface area contributed by atoms with Gasteiger partial charge in [0.15, 0.2) is 5.71 Å². The van der Waals surface area contributed by atoms with Gasteiger partial charge in [0.2, 0.25) is 0 Å². The van der Waals surface area contributed by atoms with Gasteiger partial charge in [-0.05, 0) is 12.1 Å². The van der Waals surface area contributed by atoms with Crippen LogP contribution < -0.4 is 5.32 Å². The number of carbonyl (C=O) groups is 1. The quantitative estimate of drug-likeness (QED) is 0.675. The van der Waals surface area contributed by atoms with E-state index in [1.54, 1.807) is 11.4 Å². The van der Waals surface area contributed by atoms with E-state index in [0.29, 0.717) is 0 Å². The molecule has 1 N–H and O–H groups in total. The predicted molar refractivity (Wildman–Crippen MR) is 60.3 cm³/mol. The Bertz CT molecular complexity index is 547. The largest absolute Gasteiger partial charge is 0.471 e. The van der Waals surface area contributed by atoms with Crippen molar-refractivity contribution in [2.75, 3.05) is 12.4 Å². The molecule has 8 heteroatoms. The summed E-state index contributed by atoms with van der Waals surface area (Å²) in [7, 11) is 1.23. The lowest BCUT2D eigenvalue weighted by Crippen LogP contribution is -2.29. The standard InChI is InChI=1S/C11H8F3N3O2/c1-19-17-9(6-15)7-3-2-4-8(5-7)16-10(18)11(12,13)14/h2-5H,1H3,(H,16,18). The van der Waals surface area contributed by atoms with E-state index >= 15 is 0 Å². The molecule has 0 aromatic heterocycles. The maximum absolute atomic E-state index is 12.1. The number of nitriles is 1. The lowest BCUT2D eigenvalue weighted by atomic mass is 10.1. The Morgan fingerprint density at radius 2 is 2.16 bits per heavy atom. The van der Waals surface area contributed by atoms with Crippen molar-refractivity contribution in [3.05, 3.63) is 29.8 Å². The Morgan fingerprint density at radius 1 is 1.47 bits per heavy atom. The van der Waals surface area contributed by atoms with Crippen molar-refractivity contribution in [2.45, 2.75) is 6.18 Å². The van der Waals surface area contributed by atoms with Gasteiger partial charge in [-0.25, -0.2) is 0 Å². The van der Waals surface area contributed by atoms with Crippen molar-refractivity contribution in [3.63, 3.8) is 0 Å². The smallest absolute Gasteiger partial charge is 0.398 e. The summed E-state index contributed by atoms with van der Waals surface area (Å²) >= 11 is 0. The molecule has 0 aliphatic rings. The molecule has 0 saturated carbocycles. The van der Waals surface area contributed by atoms with Crippen LogP contribution in [-0.4, -0.2) is 24.9 Å². The van der Waals surface area contributed by atoms with Crippen LogP contribution in [0.1, 0.15) is 5.56 Å². The third-order valence-corrected chi connectivity index (χ3v) is 1.94. The van der Waals surface area contributed by atoms with Gasteiger partial charge < -0.3 is 10.2 Å². The molecule has 0 aliphatic carbocycles. The zero-order valence-corrected chi connectivity index (χ0v) is 9.65. The van der Waals surface area contributed by atoms with Gasteiger partial charge in [-0.3, -0.25) is 4.79 Å². The summed E-state index contributed by atoms with van der Waals surface area (Å²) in [5, 5.41) is 13.9. The number of nitrogens with one attached hydrogen (secondary N) is 1. The van der Waals surface area contributed by atoms with E-state index in [9.17, 15) is 18.0 Å². The zero-order valence-electron chi connectivity index (χ0n) is 9.65. The zero-order chi connectivity index (χ0) is 14.5. The third-order valence-electron chi connectivity index (χ3n) is 1.94. The van der Waals surface area contributed by atoms with Crippen molar-refractivity contribution < 1.29 is 22.8 Å². The van der Waals surface area contributed by atoms with Crippen LogP contribution in [0.2, 0.25) is 0 Å². The molecule has 0 spiro atoms. The summed E-state index contributed by atoms with van der Waals surface area (Å²) in [5.41, 5.74) is 0.00816. The Morgan fingerprint density at radius 3 is 2.68 bits per heavy atom. The minimum Gasteiger partial charge on any atom is -0.398 e. The van der Waals surface area contributed by atoms with Crippen LogP contribution >= 0.6 is 0 Å². The highest BCUT2D eigenvalue weighted by Crippen LogP contribution is 2.19. The highest BCUT2D eigenvalue weighted by molar-refractivity contribution is 6.12. The van der Waals surface area contributed by atoms with Gasteiger partial charge in [-0.1, -0.05) is 17.3 Å². The van der Waals surface area contributed by atoms with Crippen LogP contribution in [0.3, 0.4) is 0 Å². The second-order valence-corrected chi connectivity index (χ2v) is 3.27. The first-order valence-corrected chi connectivity index (χ1v) is 4.88. The molecule has 5 nitrogen and oxygen atoms in total. The summed E-state index contributed by atoms with van der Waals surface area (Å²) in [6, 6.07) is 6.99. The van der Waals surface area contributed by atoms with Crippen LogP contribution in [0.25, 0.3) is 0 Å². The molecule has 0 saturated heterocycles. The molecule has 1 aromatic rings. The summed E-state index contributed by atoms with van der Waals surface area (Å²) in [4.78, 5) is 15.2. The normalized spacial score (nSPS) is 11.6. The topological polar surface area (TPSA) is 74.5 Å². The summed E-state index contributed by atoms with van der Waals surface area (Å²) in [6.45, 7) is 0. The van der Waals surface area contributed by atoms with E-state index in [0.717, 1.165) is 0 Å². The number of amides is 1. The SMILES string of the molecule is CON=C(C#N)c1cccc(NC(=O)C(F)(F)F)c1. The van der Waals surface area contributed by atoms with Crippen molar-refractivity contribution in [1.29, 1.82) is 5.26 Å². The third kappa shape index (κ3) is 3.99. The minimum absolute atomic E-state index is 0.0983. The molecule has 0 radical (unpaired) electrons. The van der Waals surface area contributed by atoms with Crippen LogP contribution in [0.5, 0.6) is 0 Å². The average Bonchev–Trinajstić information content (AvgIpc) is 2.35. The molecule has 100 valence electrons. The maximum Gasteiger partial charge on any atom is 0.471 e. The summed E-state index contributed by atoms with van der Waals surface area (Å²) < 4.78 is 36.2. The Hall–Kier alpha value is -2.56. The number of rotatable bonds is 3. The number of anilines is 1. The van der Waals surface area contributed by atoms with Crippen molar-refractivity contribution in [2.24, 2.45) is 5.16 Å². The van der Waals surface area contributed by atoms with Gasteiger partial charge in [0, 0.05) is 11.3 Å². The van der Waals surface area contributed by atoms with Gasteiger partial charge in [0.25, 0.3) is 0 Å². The van der Waals surface area contributed by atoms with Gasteiger partial charge in [-0.15, -0.1) is 0 Å². The second kappa shape index (κ2) is 5.86. The predicted octanol–water partition coefficient (Wildman–Crippen LogP) is 2.06. The van der Waals surface area contributed by atoms with Crippen LogP contribution in [0, 0.1) is 11.3 Å². The Labute approximate surface area is 106 Å². The van der Waals surface area contributed by atoms with Crippen molar-refractivity contribution in [1.82, 2.24) is 0 Å². The van der Waals surface area contributed by atoms with Crippen LogP contribution in [0.15, 0.2) is 29.4 Å². The van der Waals surface area contributed by atoms with Crippen molar-refractivity contribution >= 4 is 17.3 Å². The Balaban J connectivity index is 2.99. The number of halogens is 3. The molecule has 0 aliphatic heterocycles. The molecule has 0 unspecified atom stereocenters. The number of benzene rings is 1. The fourth-order valence-corrected chi connectivity index (χ4v) is 1.18. The van der Waals surface area contributed by atoms with Gasteiger partial charge in [-0.2, -0.15) is 18.4 Å². The monoisotopic (exact) mass is 271 g/mol. The van der Waals surface area contributed by atoms with E-state index in [-0.39, 0.29) is 17.0 Å². The molecule has 0 bridgehead atoms. The van der Waals surface area contributed by atoms with Gasteiger partial charge >= 0.3 is 12.1 Å². The van der Waals surface area contributed by atoms with Crippen molar-refractivity contribution in [3.8, 4) is 6.07 Å². The fourth-order valence-electron chi connectivity index (χ4n) is 1.18. The number of hydrogen-bond acceptors (Lipinski definition) is 4. The van der Waals surface area contributed by atoms with E-state index in [4.69, 9.17) is 5.26 Å². The first-order valence-electron chi connectivity index (χ1n) is 4.88. The first kappa shape index (κ1) is 14.5. The molecule has 1 aromatic carbocycles. The van der Waals surface area contributed by atoms with Crippen LogP contribution in [-0.2, 0) is 9.63 Å². The highest BCUT2D eigenvalue weighted by atomic mass is 19.4. The van der Waals surface area contributed by atoms with E-state index < -0.39 is 12.1 Å². The first-order chi connectivity index (χ1) is 8.88. The van der Waals surface area contributed by atoms with Crippen LogP contribution in [0.4, 0.5) is 18.9 Å². The number of hydrogen-bond donors (Lipinski definition) is 1. The number of alkyl halides is 3. The second-order valence-electron chi connectivity index (χ2n) is 3.27. The molecule has 1 amide bonds. The van der Waals surface area contributed by atoms with E-state index in [1.165, 1.54) is 31.4 Å². The molecular formula is C11H8F3N3O2. The molecule has 0 heterocycles. The van der Waals surface area contributed by atoms with Gasteiger partial charge in [0.1, 0.15) is 13.2 Å². The van der Waals surface area contributed by atoms with E-state index in [1.807, 2.05) is 0 Å². The van der Waals surface area contributed by atoms with E-state index in [2.05, 4.69) is 9.99 Å². The molecule has 0 atom stereocenters. The highest BCUT2D eigenvalue weighted by Gasteiger charge is 2.38. The number of carbonyl (C=O) groups excluding carboxylic acids is 1. The average molecular weight is 271 g/mol. The molecule has 1 rings (SSSR count). The lowest BCUT2D eigenvalue weighted by Gasteiger charge is -2.08. The maximum atomic E-state index is 12.1. The minimum atomic E-state index is -4.98. The van der Waals surface area contributed by atoms with Gasteiger partial charge in [0.05, 0.1) is 0 Å². The molecule has 0 fully saturated rings. The fraction of sp³-hybridized carbons (Fsp3) is 0.182. The summed E-state index contributed by atoms with van der Waals surface area (Å²) in [6.07, 6.45) is -4.98. The molecular weight excluding hydrogens is 263 g/mol. The number of oxime groups is 1. The lowest BCUT2D eigenvalue weighted by molar-refractivity contribution is -0.167. The number of nitrogens with zero attached hydrogens (tertiary/aromatic N) is 2.